The summed E-state index contributed by atoms with van der Waals surface area (Å²) in [5, 5.41) is 0. The second-order valence-electron chi connectivity index (χ2n) is 5.75. The molecule has 102 valence electrons. The molecule has 0 atom stereocenters. The predicted octanol–water partition coefficient (Wildman–Crippen LogP) is 0.969. The molecule has 0 saturated carbocycles. The summed E-state index contributed by atoms with van der Waals surface area (Å²) in [4.78, 5) is 7.59. The second-order valence-corrected chi connectivity index (χ2v) is 5.75. The van der Waals surface area contributed by atoms with Gasteiger partial charge in [0.15, 0.2) is 0 Å². The third-order valence-electron chi connectivity index (χ3n) is 4.30. The van der Waals surface area contributed by atoms with Gasteiger partial charge in [-0.25, -0.2) is 0 Å². The molecule has 2 aliphatic rings. The number of piperazine rings is 1. The molecule has 2 saturated heterocycles. The van der Waals surface area contributed by atoms with E-state index in [0.717, 1.165) is 12.5 Å². The molecular weight excluding hydrogens is 222 g/mol. The smallest absolute Gasteiger partial charge is 0.0602 e. The van der Waals surface area contributed by atoms with Crippen molar-refractivity contribution in [1.82, 2.24) is 14.7 Å². The fraction of sp³-hybridized carbons (Fsp3) is 0.867. The van der Waals surface area contributed by atoms with Gasteiger partial charge < -0.3 is 9.80 Å². The third-order valence-corrected chi connectivity index (χ3v) is 4.30. The van der Waals surface area contributed by atoms with Gasteiger partial charge in [0, 0.05) is 32.7 Å². The molecule has 3 nitrogen and oxygen atoms in total. The molecule has 0 bridgehead atoms. The maximum absolute atomic E-state index is 3.17. The fourth-order valence-corrected chi connectivity index (χ4v) is 2.93. The zero-order valence-electron chi connectivity index (χ0n) is 12.0. The molecule has 0 aromatic rings. The van der Waals surface area contributed by atoms with Crippen LogP contribution in [0, 0.1) is 17.8 Å². The number of nitrogens with zero attached hydrogens (tertiary/aromatic N) is 3. The van der Waals surface area contributed by atoms with E-state index in [4.69, 9.17) is 0 Å². The van der Waals surface area contributed by atoms with Crippen molar-refractivity contribution in [2.24, 2.45) is 5.92 Å². The average molecular weight is 249 g/mol. The lowest BCUT2D eigenvalue weighted by Crippen LogP contribution is -2.48. The van der Waals surface area contributed by atoms with E-state index >= 15 is 0 Å². The molecule has 0 aromatic carbocycles. The second kappa shape index (κ2) is 7.13. The molecule has 0 N–H and O–H groups in total. The fourth-order valence-electron chi connectivity index (χ4n) is 2.93. The van der Waals surface area contributed by atoms with Crippen molar-refractivity contribution in [3.63, 3.8) is 0 Å². The van der Waals surface area contributed by atoms with Crippen molar-refractivity contribution in [3.8, 4) is 11.8 Å². The van der Waals surface area contributed by atoms with Gasteiger partial charge in [0.1, 0.15) is 0 Å². The van der Waals surface area contributed by atoms with Crippen LogP contribution in [-0.2, 0) is 0 Å². The molecule has 2 fully saturated rings. The molecule has 0 amide bonds. The van der Waals surface area contributed by atoms with E-state index in [0.29, 0.717) is 0 Å². The van der Waals surface area contributed by atoms with Gasteiger partial charge in [0.2, 0.25) is 0 Å². The monoisotopic (exact) mass is 249 g/mol. The van der Waals surface area contributed by atoms with Gasteiger partial charge in [-0.1, -0.05) is 5.92 Å². The highest BCUT2D eigenvalue weighted by atomic mass is 15.3. The first-order chi connectivity index (χ1) is 8.78. The lowest BCUT2D eigenvalue weighted by Gasteiger charge is -2.37. The van der Waals surface area contributed by atoms with E-state index in [9.17, 15) is 0 Å². The predicted molar refractivity (Wildman–Crippen MR) is 76.6 cm³/mol. The standard InChI is InChI=1S/C15H27N3/c1-3-4-7-17-10-12-18(13-11-17)14-15-5-8-16(2)9-6-15/h15H,5-14H2,1-2H3. The number of rotatable bonds is 3. The molecule has 2 heterocycles. The van der Waals surface area contributed by atoms with E-state index in [1.54, 1.807) is 0 Å². The molecule has 0 aromatic heterocycles. The quantitative estimate of drug-likeness (QED) is 0.690. The summed E-state index contributed by atoms with van der Waals surface area (Å²) < 4.78 is 0. The van der Waals surface area contributed by atoms with E-state index in [-0.39, 0.29) is 0 Å². The van der Waals surface area contributed by atoms with Gasteiger partial charge in [-0.3, -0.25) is 4.90 Å². The van der Waals surface area contributed by atoms with Crippen molar-refractivity contribution in [2.45, 2.75) is 19.8 Å². The minimum atomic E-state index is 0.934. The van der Waals surface area contributed by atoms with Gasteiger partial charge in [0.25, 0.3) is 0 Å². The summed E-state index contributed by atoms with van der Waals surface area (Å²) in [6.45, 7) is 11.6. The largest absolute Gasteiger partial charge is 0.306 e. The average Bonchev–Trinajstić information content (AvgIpc) is 2.41. The first kappa shape index (κ1) is 13.9. The highest BCUT2D eigenvalue weighted by Gasteiger charge is 2.22. The van der Waals surface area contributed by atoms with Crippen LogP contribution in [0.25, 0.3) is 0 Å². The van der Waals surface area contributed by atoms with E-state index in [1.807, 2.05) is 6.92 Å². The molecule has 0 spiro atoms. The highest BCUT2D eigenvalue weighted by molar-refractivity contribution is 4.98. The van der Waals surface area contributed by atoms with Crippen LogP contribution in [0.4, 0.5) is 0 Å². The Balaban J connectivity index is 1.65. The van der Waals surface area contributed by atoms with Crippen LogP contribution in [0.2, 0.25) is 0 Å². The van der Waals surface area contributed by atoms with Crippen LogP contribution >= 0.6 is 0 Å². The molecule has 3 heteroatoms. The Hall–Kier alpha value is -0.560. The van der Waals surface area contributed by atoms with Crippen molar-refractivity contribution >= 4 is 0 Å². The number of hydrogen-bond acceptors (Lipinski definition) is 3. The van der Waals surface area contributed by atoms with Crippen molar-refractivity contribution in [2.75, 3.05) is 59.4 Å². The Labute approximate surface area is 112 Å². The third kappa shape index (κ3) is 4.28. The minimum Gasteiger partial charge on any atom is -0.306 e. The van der Waals surface area contributed by atoms with Crippen LogP contribution in [0.15, 0.2) is 0 Å². The number of piperidine rings is 1. The van der Waals surface area contributed by atoms with E-state index in [1.165, 1.54) is 58.7 Å². The molecule has 2 rings (SSSR count). The van der Waals surface area contributed by atoms with Crippen LogP contribution in [0.1, 0.15) is 19.8 Å². The topological polar surface area (TPSA) is 9.72 Å². The van der Waals surface area contributed by atoms with E-state index < -0.39 is 0 Å². The molecular formula is C15H27N3. The summed E-state index contributed by atoms with van der Waals surface area (Å²) >= 11 is 0. The number of likely N-dealkylation sites (tertiary alicyclic amines) is 1. The van der Waals surface area contributed by atoms with Crippen LogP contribution in [0.3, 0.4) is 0 Å². The summed E-state index contributed by atoms with van der Waals surface area (Å²) in [5.74, 6) is 7.09. The highest BCUT2D eigenvalue weighted by Crippen LogP contribution is 2.17. The summed E-state index contributed by atoms with van der Waals surface area (Å²) in [5.41, 5.74) is 0. The van der Waals surface area contributed by atoms with E-state index in [2.05, 4.69) is 33.6 Å². The molecule has 0 unspecified atom stereocenters. The van der Waals surface area contributed by atoms with Crippen LogP contribution in [0.5, 0.6) is 0 Å². The first-order valence-electron chi connectivity index (χ1n) is 7.31. The van der Waals surface area contributed by atoms with Crippen LogP contribution in [-0.4, -0.2) is 74.1 Å². The molecule has 0 aliphatic carbocycles. The van der Waals surface area contributed by atoms with Gasteiger partial charge in [-0.05, 0) is 45.8 Å². The zero-order chi connectivity index (χ0) is 12.8. The van der Waals surface area contributed by atoms with Gasteiger partial charge in [0.05, 0.1) is 6.54 Å². The van der Waals surface area contributed by atoms with Crippen molar-refractivity contribution in [1.29, 1.82) is 0 Å². The van der Waals surface area contributed by atoms with Crippen LogP contribution < -0.4 is 0 Å². The molecule has 0 radical (unpaired) electrons. The van der Waals surface area contributed by atoms with Gasteiger partial charge in [-0.2, -0.15) is 0 Å². The zero-order valence-corrected chi connectivity index (χ0v) is 12.0. The summed E-state index contributed by atoms with van der Waals surface area (Å²) in [7, 11) is 2.24. The lowest BCUT2D eigenvalue weighted by molar-refractivity contribution is 0.107. The Morgan fingerprint density at radius 1 is 0.944 bits per heavy atom. The van der Waals surface area contributed by atoms with Gasteiger partial charge in [-0.15, -0.1) is 5.92 Å². The Bertz CT molecular complexity index is 289. The Kier molecular flexibility index (Phi) is 5.49. The van der Waals surface area contributed by atoms with Gasteiger partial charge >= 0.3 is 0 Å². The molecule has 18 heavy (non-hydrogen) atoms. The summed E-state index contributed by atoms with van der Waals surface area (Å²) in [6, 6.07) is 0. The maximum Gasteiger partial charge on any atom is 0.0602 e. The minimum absolute atomic E-state index is 0.934. The van der Waals surface area contributed by atoms with Crippen molar-refractivity contribution < 1.29 is 0 Å². The molecule has 2 aliphatic heterocycles. The first-order valence-corrected chi connectivity index (χ1v) is 7.31. The number of hydrogen-bond donors (Lipinski definition) is 0. The Morgan fingerprint density at radius 2 is 1.56 bits per heavy atom. The SMILES string of the molecule is CC#CCN1CCN(CC2CCN(C)CC2)CC1. The maximum atomic E-state index is 3.17. The normalized spacial score (nSPS) is 24.8. The van der Waals surface area contributed by atoms with Crippen molar-refractivity contribution in [3.05, 3.63) is 0 Å². The lowest BCUT2D eigenvalue weighted by atomic mass is 9.96. The Morgan fingerprint density at radius 3 is 2.17 bits per heavy atom. The summed E-state index contributed by atoms with van der Waals surface area (Å²) in [6.07, 6.45) is 2.77.